The van der Waals surface area contributed by atoms with Gasteiger partial charge < -0.3 is 4.85 Å². The summed E-state index contributed by atoms with van der Waals surface area (Å²) in [4.78, 5) is 22.4. The van der Waals surface area contributed by atoms with Crippen molar-refractivity contribution in [3.8, 4) is 40.2 Å². The number of para-hydroxylation sites is 2. The van der Waals surface area contributed by atoms with E-state index in [4.69, 9.17) is 16.5 Å². The first-order chi connectivity index (χ1) is 20.0. The average molecular weight is 533 g/mol. The summed E-state index contributed by atoms with van der Waals surface area (Å²) in [7, 11) is 0. The maximum absolute atomic E-state index is 9.72. The third-order valence-corrected chi connectivity index (χ3v) is 7.04. The van der Waals surface area contributed by atoms with E-state index < -0.39 is 5.41 Å². The molecule has 0 aliphatic carbocycles. The molecule has 0 saturated heterocycles. The second-order valence-electron chi connectivity index (χ2n) is 9.92. The van der Waals surface area contributed by atoms with Crippen molar-refractivity contribution in [1.29, 1.82) is 5.26 Å². The highest BCUT2D eigenvalue weighted by Gasteiger charge is 2.28. The third-order valence-electron chi connectivity index (χ3n) is 7.04. The van der Waals surface area contributed by atoms with Crippen molar-refractivity contribution in [3.05, 3.63) is 138 Å². The molecule has 0 aliphatic rings. The van der Waals surface area contributed by atoms with E-state index in [0.29, 0.717) is 17.2 Å². The molecule has 6 rings (SSSR count). The zero-order valence-corrected chi connectivity index (χ0v) is 22.5. The fourth-order valence-corrected chi connectivity index (χ4v) is 4.87. The van der Waals surface area contributed by atoms with Crippen LogP contribution in [0.4, 0.5) is 5.95 Å². The van der Waals surface area contributed by atoms with Crippen LogP contribution in [-0.2, 0) is 5.41 Å². The second-order valence-corrected chi connectivity index (χ2v) is 9.92. The summed E-state index contributed by atoms with van der Waals surface area (Å²) in [5.74, 6) is 0.569. The van der Waals surface area contributed by atoms with E-state index in [9.17, 15) is 5.26 Å². The lowest BCUT2D eigenvalue weighted by molar-refractivity contribution is 0.596. The van der Waals surface area contributed by atoms with Gasteiger partial charge in [-0.1, -0.05) is 48.5 Å². The van der Waals surface area contributed by atoms with Crippen molar-refractivity contribution in [1.82, 2.24) is 29.1 Å². The zero-order chi connectivity index (χ0) is 28.4. The van der Waals surface area contributed by atoms with Crippen molar-refractivity contribution >= 4 is 5.95 Å². The molecule has 0 spiro atoms. The van der Waals surface area contributed by atoms with Gasteiger partial charge in [0.25, 0.3) is 0 Å². The largest absolute Gasteiger partial charge is 0.396 e. The SMILES string of the molecule is [C-]#[N+]c1ncc(-c2cccc(C(C)(C)c3cccc(-c4cnc(C#N)n4-c4ccccc4)n3)n2)n1-c1ccccc1. The Balaban J connectivity index is 1.42. The molecule has 0 atom stereocenters. The molecule has 6 aromatic rings. The topological polar surface area (TPSA) is 89.6 Å². The van der Waals surface area contributed by atoms with Crippen molar-refractivity contribution in [3.63, 3.8) is 0 Å². The van der Waals surface area contributed by atoms with E-state index >= 15 is 0 Å². The maximum atomic E-state index is 9.72. The lowest BCUT2D eigenvalue weighted by Crippen LogP contribution is -2.22. The number of hydrogen-bond donors (Lipinski definition) is 0. The van der Waals surface area contributed by atoms with Gasteiger partial charge in [0.1, 0.15) is 23.7 Å². The van der Waals surface area contributed by atoms with Crippen LogP contribution in [0.15, 0.2) is 109 Å². The minimum absolute atomic E-state index is 0.277. The summed E-state index contributed by atoms with van der Waals surface area (Å²) in [6.45, 7) is 11.8. The smallest absolute Gasteiger partial charge is 0.344 e. The highest BCUT2D eigenvalue weighted by atomic mass is 15.2. The number of nitrogens with zero attached hydrogens (tertiary/aromatic N) is 8. The third kappa shape index (κ3) is 4.54. The van der Waals surface area contributed by atoms with Crippen LogP contribution in [0.3, 0.4) is 0 Å². The predicted molar refractivity (Wildman–Crippen MR) is 157 cm³/mol. The Bertz CT molecular complexity index is 1800. The molecule has 2 aromatic carbocycles. The van der Waals surface area contributed by atoms with Crippen LogP contribution in [0, 0.1) is 17.9 Å². The highest BCUT2D eigenvalue weighted by molar-refractivity contribution is 5.64. The molecule has 0 N–H and O–H groups in total. The van der Waals surface area contributed by atoms with Crippen molar-refractivity contribution in [2.45, 2.75) is 19.3 Å². The van der Waals surface area contributed by atoms with E-state index in [1.54, 1.807) is 12.4 Å². The first-order valence-electron chi connectivity index (χ1n) is 13.0. The normalized spacial score (nSPS) is 11.1. The minimum atomic E-state index is -0.568. The lowest BCUT2D eigenvalue weighted by atomic mass is 9.84. The predicted octanol–water partition coefficient (Wildman–Crippen LogP) is 6.93. The average Bonchev–Trinajstić information content (AvgIpc) is 3.67. The Morgan fingerprint density at radius 1 is 0.683 bits per heavy atom. The van der Waals surface area contributed by atoms with Crippen LogP contribution in [-0.4, -0.2) is 29.1 Å². The molecule has 0 amide bonds. The van der Waals surface area contributed by atoms with Gasteiger partial charge in [0.05, 0.1) is 34.7 Å². The van der Waals surface area contributed by atoms with Gasteiger partial charge in [-0.15, -0.1) is 6.57 Å². The van der Waals surface area contributed by atoms with Gasteiger partial charge in [-0.2, -0.15) is 10.2 Å². The summed E-state index contributed by atoms with van der Waals surface area (Å²) >= 11 is 0. The van der Waals surface area contributed by atoms with Crippen LogP contribution < -0.4 is 0 Å². The van der Waals surface area contributed by atoms with Crippen LogP contribution >= 0.6 is 0 Å². The molecule has 4 aromatic heterocycles. The molecule has 8 nitrogen and oxygen atoms in total. The summed E-state index contributed by atoms with van der Waals surface area (Å²) in [5.41, 5.74) is 5.62. The molecule has 0 unspecified atom stereocenters. The van der Waals surface area contributed by atoms with Crippen LogP contribution in [0.5, 0.6) is 0 Å². The van der Waals surface area contributed by atoms with Crippen LogP contribution in [0.2, 0.25) is 0 Å². The number of rotatable bonds is 6. The quantitative estimate of drug-likeness (QED) is 0.217. The molecular formula is C33H24N8. The Morgan fingerprint density at radius 3 is 1.73 bits per heavy atom. The molecule has 8 heteroatoms. The summed E-state index contributed by atoms with van der Waals surface area (Å²) in [6, 6.07) is 33.3. The summed E-state index contributed by atoms with van der Waals surface area (Å²) in [6.07, 6.45) is 3.37. The Morgan fingerprint density at radius 2 is 1.20 bits per heavy atom. The van der Waals surface area contributed by atoms with Gasteiger partial charge in [0.15, 0.2) is 0 Å². The summed E-state index contributed by atoms with van der Waals surface area (Å²) in [5, 5.41) is 9.72. The molecule has 196 valence electrons. The number of pyridine rings is 2. The highest BCUT2D eigenvalue weighted by Crippen LogP contribution is 2.34. The Hall–Kier alpha value is -5.86. The van der Waals surface area contributed by atoms with Gasteiger partial charge in [-0.25, -0.2) is 9.97 Å². The minimum Gasteiger partial charge on any atom is -0.396 e. The standard InChI is InChI=1S/C33H24N8/c1-33(2,29-18-10-16-25(38-29)27-21-36-31(20-34)40(27)23-12-6-4-7-13-23)30-19-11-17-26(39-30)28-22-37-32(35-3)41(28)24-14-8-5-9-15-24/h4-19,21-22H,1-2H3. The van der Waals surface area contributed by atoms with Gasteiger partial charge in [-0.05, 0) is 62.4 Å². The zero-order valence-electron chi connectivity index (χ0n) is 22.5. The second kappa shape index (κ2) is 10.4. The first kappa shape index (κ1) is 25.4. The number of hydrogen-bond acceptors (Lipinski definition) is 5. The van der Waals surface area contributed by atoms with E-state index in [1.807, 2.05) is 106 Å². The van der Waals surface area contributed by atoms with Gasteiger partial charge >= 0.3 is 5.95 Å². The number of aromatic nitrogens is 6. The van der Waals surface area contributed by atoms with Crippen molar-refractivity contribution < 1.29 is 0 Å². The van der Waals surface area contributed by atoms with E-state index in [-0.39, 0.29) is 5.95 Å². The van der Waals surface area contributed by atoms with Crippen molar-refractivity contribution in [2.24, 2.45) is 0 Å². The maximum Gasteiger partial charge on any atom is 0.344 e. The molecule has 0 radical (unpaired) electrons. The van der Waals surface area contributed by atoms with Gasteiger partial charge in [0.2, 0.25) is 5.82 Å². The van der Waals surface area contributed by atoms with Crippen LogP contribution in [0.1, 0.15) is 31.1 Å². The molecule has 0 aliphatic heterocycles. The molecule has 0 fully saturated rings. The van der Waals surface area contributed by atoms with Crippen LogP contribution in [0.25, 0.3) is 39.0 Å². The number of benzene rings is 2. The van der Waals surface area contributed by atoms with Crippen molar-refractivity contribution in [2.75, 3.05) is 0 Å². The molecule has 4 heterocycles. The lowest BCUT2D eigenvalue weighted by Gasteiger charge is -2.24. The van der Waals surface area contributed by atoms with E-state index in [2.05, 4.69) is 34.7 Å². The van der Waals surface area contributed by atoms with Gasteiger partial charge in [-0.3, -0.25) is 14.1 Å². The molecule has 0 saturated carbocycles. The number of imidazole rings is 2. The molecule has 0 bridgehead atoms. The fraction of sp³-hybridized carbons (Fsp3) is 0.0909. The summed E-state index contributed by atoms with van der Waals surface area (Å²) < 4.78 is 3.64. The van der Waals surface area contributed by atoms with E-state index in [0.717, 1.165) is 34.2 Å². The Kier molecular flexibility index (Phi) is 6.43. The molecular weight excluding hydrogens is 508 g/mol. The Labute approximate surface area is 237 Å². The number of nitriles is 1. The first-order valence-corrected chi connectivity index (χ1v) is 13.0. The monoisotopic (exact) mass is 532 g/mol. The fourth-order valence-electron chi connectivity index (χ4n) is 4.87. The molecule has 41 heavy (non-hydrogen) atoms. The van der Waals surface area contributed by atoms with E-state index in [1.165, 1.54) is 0 Å². The van der Waals surface area contributed by atoms with Gasteiger partial charge in [0, 0.05) is 11.1 Å².